The summed E-state index contributed by atoms with van der Waals surface area (Å²) in [6.07, 6.45) is 7.57. The molecule has 0 aliphatic heterocycles. The van der Waals surface area contributed by atoms with Gasteiger partial charge in [0, 0.05) is 10.8 Å². The molecule has 1 aromatic rings. The van der Waals surface area contributed by atoms with E-state index in [1.165, 1.54) is 0 Å². The fraction of sp³-hybridized carbons (Fsp3) is 0.409. The maximum atomic E-state index is 13.1. The molecule has 0 spiro atoms. The van der Waals surface area contributed by atoms with Crippen molar-refractivity contribution in [3.05, 3.63) is 72.4 Å². The second kappa shape index (κ2) is 9.29. The van der Waals surface area contributed by atoms with Gasteiger partial charge in [0.1, 0.15) is 0 Å². The number of rotatable bonds is 6. The first-order chi connectivity index (χ1) is 10.8. The lowest BCUT2D eigenvalue weighted by molar-refractivity contribution is -0.130. The lowest BCUT2D eigenvalue weighted by Crippen LogP contribution is -2.40. The van der Waals surface area contributed by atoms with E-state index >= 15 is 0 Å². The minimum atomic E-state index is -0.548. The molecule has 0 saturated heterocycles. The molecule has 1 nitrogen and oxygen atoms in total. The molecule has 1 aromatic carbocycles. The smallest absolute Gasteiger partial charge is 0.152 e. The van der Waals surface area contributed by atoms with E-state index in [0.29, 0.717) is 0 Å². The Morgan fingerprint density at radius 3 is 2.00 bits per heavy atom. The highest BCUT2D eigenvalue weighted by atomic mass is 16.1. The zero-order valence-corrected chi connectivity index (χ0v) is 15.8. The maximum absolute atomic E-state index is 13.1. The molecule has 0 fully saturated rings. The van der Waals surface area contributed by atoms with Crippen LogP contribution in [-0.2, 0) is 10.2 Å². The average Bonchev–Trinajstić information content (AvgIpc) is 2.57. The van der Waals surface area contributed by atoms with Crippen LogP contribution in [0.3, 0.4) is 0 Å². The van der Waals surface area contributed by atoms with Gasteiger partial charge in [0.2, 0.25) is 0 Å². The van der Waals surface area contributed by atoms with Crippen LogP contribution < -0.4 is 0 Å². The van der Waals surface area contributed by atoms with Crippen molar-refractivity contribution in [2.75, 3.05) is 0 Å². The quantitative estimate of drug-likeness (QED) is 0.565. The normalized spacial score (nSPS) is 12.6. The highest BCUT2D eigenvalue weighted by Gasteiger charge is 2.41. The summed E-state index contributed by atoms with van der Waals surface area (Å²) in [5.74, 6) is 0.211. The van der Waals surface area contributed by atoms with E-state index in [0.717, 1.165) is 11.1 Å². The third-order valence-electron chi connectivity index (χ3n) is 4.08. The number of hydrogen-bond donors (Lipinski definition) is 0. The van der Waals surface area contributed by atoms with Crippen molar-refractivity contribution in [1.82, 2.24) is 0 Å². The van der Waals surface area contributed by atoms with Gasteiger partial charge >= 0.3 is 0 Å². The molecule has 0 N–H and O–H groups in total. The second-order valence-corrected chi connectivity index (χ2v) is 6.28. The van der Waals surface area contributed by atoms with Crippen LogP contribution in [0.1, 0.15) is 54.0 Å². The minimum absolute atomic E-state index is 0.211. The molecule has 0 saturated carbocycles. The average molecular weight is 312 g/mol. The molecule has 1 rings (SSSR count). The van der Waals surface area contributed by atoms with Crippen molar-refractivity contribution >= 4 is 5.78 Å². The third kappa shape index (κ3) is 5.06. The highest BCUT2D eigenvalue weighted by Crippen LogP contribution is 2.38. The topological polar surface area (TPSA) is 17.1 Å². The van der Waals surface area contributed by atoms with Crippen molar-refractivity contribution in [2.45, 2.75) is 53.9 Å². The molecular weight excluding hydrogens is 280 g/mol. The van der Waals surface area contributed by atoms with E-state index in [1.807, 2.05) is 97.0 Å². The number of carbonyl (C=O) groups excluding carboxylic acids is 1. The lowest BCUT2D eigenvalue weighted by Gasteiger charge is -2.34. The molecule has 0 bridgehead atoms. The van der Waals surface area contributed by atoms with Gasteiger partial charge in [0.25, 0.3) is 0 Å². The highest BCUT2D eigenvalue weighted by molar-refractivity contribution is 5.96. The van der Waals surface area contributed by atoms with Crippen LogP contribution in [0.5, 0.6) is 0 Å². The van der Waals surface area contributed by atoms with Gasteiger partial charge in [-0.3, -0.25) is 4.79 Å². The van der Waals surface area contributed by atoms with Gasteiger partial charge in [-0.2, -0.15) is 0 Å². The van der Waals surface area contributed by atoms with Crippen LogP contribution in [0, 0.1) is 5.41 Å². The van der Waals surface area contributed by atoms with Crippen LogP contribution >= 0.6 is 0 Å². The van der Waals surface area contributed by atoms with Gasteiger partial charge in [-0.1, -0.05) is 75.1 Å². The summed E-state index contributed by atoms with van der Waals surface area (Å²) in [4.78, 5) is 13.1. The summed E-state index contributed by atoms with van der Waals surface area (Å²) in [6.45, 7) is 17.6. The van der Waals surface area contributed by atoms with E-state index in [2.05, 4.69) is 6.58 Å². The van der Waals surface area contributed by atoms with Crippen LogP contribution in [0.25, 0.3) is 0 Å². The van der Waals surface area contributed by atoms with Crippen LogP contribution in [0.15, 0.2) is 66.8 Å². The largest absolute Gasteiger partial charge is 0.298 e. The van der Waals surface area contributed by atoms with Crippen molar-refractivity contribution in [2.24, 2.45) is 5.41 Å². The molecule has 0 heterocycles. The van der Waals surface area contributed by atoms with Gasteiger partial charge < -0.3 is 0 Å². The second-order valence-electron chi connectivity index (χ2n) is 6.28. The van der Waals surface area contributed by atoms with E-state index < -0.39 is 10.8 Å². The van der Waals surface area contributed by atoms with Crippen LogP contribution in [0.4, 0.5) is 0 Å². The zero-order chi connectivity index (χ0) is 18.1. The number of allylic oxidation sites excluding steroid dienone is 5. The molecule has 0 atom stereocenters. The molecule has 0 unspecified atom stereocenters. The van der Waals surface area contributed by atoms with Gasteiger partial charge in [0.15, 0.2) is 5.78 Å². The molecule has 23 heavy (non-hydrogen) atoms. The summed E-state index contributed by atoms with van der Waals surface area (Å²) in [5.41, 5.74) is 0.983. The molecule has 1 heteroatoms. The minimum Gasteiger partial charge on any atom is -0.298 e. The van der Waals surface area contributed by atoms with E-state index in [9.17, 15) is 4.79 Å². The predicted octanol–water partition coefficient (Wildman–Crippen LogP) is 6.27. The fourth-order valence-electron chi connectivity index (χ4n) is 2.74. The molecule has 126 valence electrons. The number of ketones is 1. The number of benzene rings is 1. The molecule has 0 radical (unpaired) electrons. The number of carbonyl (C=O) groups is 1. The number of hydrogen-bond acceptors (Lipinski definition) is 1. The van der Waals surface area contributed by atoms with Gasteiger partial charge in [0.05, 0.1) is 0 Å². The lowest BCUT2D eigenvalue weighted by atomic mass is 9.67. The Balaban J connectivity index is 0.00000232. The summed E-state index contributed by atoms with van der Waals surface area (Å²) in [6, 6.07) is 9.96. The Bertz CT molecular complexity index is 557. The molecular formula is C22H32O. The summed E-state index contributed by atoms with van der Waals surface area (Å²) >= 11 is 0. The van der Waals surface area contributed by atoms with E-state index in [1.54, 1.807) is 6.08 Å². The van der Waals surface area contributed by atoms with E-state index in [4.69, 9.17) is 0 Å². The Kier molecular flexibility index (Phi) is 8.53. The predicted molar refractivity (Wildman–Crippen MR) is 103 cm³/mol. The van der Waals surface area contributed by atoms with Crippen LogP contribution in [-0.4, -0.2) is 5.78 Å². The van der Waals surface area contributed by atoms with Crippen molar-refractivity contribution in [1.29, 1.82) is 0 Å². The fourth-order valence-corrected chi connectivity index (χ4v) is 2.74. The van der Waals surface area contributed by atoms with Gasteiger partial charge in [-0.15, -0.1) is 0 Å². The summed E-state index contributed by atoms with van der Waals surface area (Å²) in [7, 11) is 0. The Morgan fingerprint density at radius 2 is 1.57 bits per heavy atom. The zero-order valence-electron chi connectivity index (χ0n) is 15.8. The Morgan fingerprint density at radius 1 is 1.04 bits per heavy atom. The molecule has 0 aliphatic carbocycles. The van der Waals surface area contributed by atoms with Gasteiger partial charge in [-0.25, -0.2) is 0 Å². The molecule has 0 aliphatic rings. The summed E-state index contributed by atoms with van der Waals surface area (Å²) < 4.78 is 0. The standard InChI is InChI=1S/C20H26O.C2H6/c1-7-9-13-16(8-2)19(3,4)18(21)20(5,6)17-14-11-10-12-15-17;1-2/h7-15H,1H2,2-6H3;1-2H3/b13-9-,16-8+;. The first kappa shape index (κ1) is 21.1. The van der Waals surface area contributed by atoms with Crippen molar-refractivity contribution in [3.8, 4) is 0 Å². The third-order valence-corrected chi connectivity index (χ3v) is 4.08. The first-order valence-electron chi connectivity index (χ1n) is 8.34. The monoisotopic (exact) mass is 312 g/mol. The summed E-state index contributed by atoms with van der Waals surface area (Å²) in [5, 5.41) is 0. The van der Waals surface area contributed by atoms with Gasteiger partial charge in [-0.05, 0) is 45.8 Å². The van der Waals surface area contributed by atoms with E-state index in [-0.39, 0.29) is 5.78 Å². The Labute approximate surface area is 142 Å². The van der Waals surface area contributed by atoms with Crippen LogP contribution in [0.2, 0.25) is 0 Å². The SMILES string of the molecule is C=C/C=C\C(=C/C)C(C)(C)C(=O)C(C)(C)c1ccccc1.CC. The van der Waals surface area contributed by atoms with Crippen molar-refractivity contribution in [3.63, 3.8) is 0 Å². The number of Topliss-reactive ketones (excluding diaryl/α,β-unsaturated/α-hetero) is 1. The first-order valence-corrected chi connectivity index (χ1v) is 8.34. The maximum Gasteiger partial charge on any atom is 0.152 e. The molecule has 0 aromatic heterocycles. The molecule has 0 amide bonds. The van der Waals surface area contributed by atoms with Crippen molar-refractivity contribution < 1.29 is 4.79 Å². The Hall–Kier alpha value is -1.89.